The van der Waals surface area contributed by atoms with E-state index in [0.717, 1.165) is 28.1 Å². The number of aromatic nitrogens is 3. The third-order valence-corrected chi connectivity index (χ3v) is 6.85. The molecule has 0 saturated carbocycles. The van der Waals surface area contributed by atoms with Gasteiger partial charge in [-0.2, -0.15) is 0 Å². The molecular weight excluding hydrogens is 514 g/mol. The molecule has 0 aliphatic carbocycles. The summed E-state index contributed by atoms with van der Waals surface area (Å²) in [7, 11) is 3.13. The van der Waals surface area contributed by atoms with Gasteiger partial charge >= 0.3 is 5.97 Å². The minimum Gasteiger partial charge on any atom is -0.497 e. The van der Waals surface area contributed by atoms with E-state index >= 15 is 0 Å². The first kappa shape index (κ1) is 25.9. The van der Waals surface area contributed by atoms with Crippen LogP contribution < -0.4 is 14.2 Å². The molecule has 1 aromatic heterocycles. The number of hydrogen-bond donors (Lipinski definition) is 2. The van der Waals surface area contributed by atoms with Gasteiger partial charge in [-0.05, 0) is 52.4 Å². The number of thioether (sulfide) groups is 1. The van der Waals surface area contributed by atoms with Crippen molar-refractivity contribution in [2.24, 2.45) is 0 Å². The van der Waals surface area contributed by atoms with Gasteiger partial charge in [0.2, 0.25) is 5.16 Å². The van der Waals surface area contributed by atoms with E-state index in [1.165, 1.54) is 0 Å². The Morgan fingerprint density at radius 2 is 1.67 bits per heavy atom. The first-order valence-corrected chi connectivity index (χ1v) is 12.8. The van der Waals surface area contributed by atoms with Crippen LogP contribution in [0.25, 0.3) is 28.2 Å². The molecule has 2 N–H and O–H groups in total. The van der Waals surface area contributed by atoms with Crippen molar-refractivity contribution >= 4 is 34.6 Å². The predicted octanol–water partition coefficient (Wildman–Crippen LogP) is 6.44. The largest absolute Gasteiger partial charge is 0.497 e. The van der Waals surface area contributed by atoms with E-state index < -0.39 is 5.97 Å². The van der Waals surface area contributed by atoms with Crippen molar-refractivity contribution in [3.8, 4) is 28.6 Å². The fourth-order valence-corrected chi connectivity index (χ4v) is 4.74. The summed E-state index contributed by atoms with van der Waals surface area (Å²) in [5.41, 5.74) is 2.37. The smallest absolute Gasteiger partial charge is 0.342 e. The molecule has 0 atom stereocenters. The first-order chi connectivity index (χ1) is 19.0. The quantitative estimate of drug-likeness (QED) is 0.154. The minimum atomic E-state index is -1.10. The fraction of sp³-hybridized carbons (Fsp3) is 0.100. The normalized spacial score (nSPS) is 11.4. The number of carbonyl (C=O) groups is 1. The Balaban J connectivity index is 1.38. The summed E-state index contributed by atoms with van der Waals surface area (Å²) in [5, 5.41) is 19.5. The second-order valence-electron chi connectivity index (χ2n) is 8.45. The van der Waals surface area contributed by atoms with Gasteiger partial charge in [-0.25, -0.2) is 9.78 Å². The van der Waals surface area contributed by atoms with Crippen molar-refractivity contribution in [3.63, 3.8) is 0 Å². The first-order valence-electron chi connectivity index (χ1n) is 12.0. The number of carboxylic acids is 1. The fourth-order valence-electron chi connectivity index (χ4n) is 4.04. The second kappa shape index (κ2) is 11.7. The van der Waals surface area contributed by atoms with Crippen LogP contribution in [0.15, 0.2) is 95.0 Å². The Kier molecular flexibility index (Phi) is 7.79. The molecule has 0 aliphatic heterocycles. The van der Waals surface area contributed by atoms with E-state index in [4.69, 9.17) is 14.2 Å². The molecule has 0 unspecified atom stereocenters. The van der Waals surface area contributed by atoms with Crippen molar-refractivity contribution in [2.75, 3.05) is 14.2 Å². The van der Waals surface area contributed by atoms with Gasteiger partial charge in [-0.3, -0.25) is 5.10 Å². The zero-order chi connectivity index (χ0) is 27.2. The highest BCUT2D eigenvalue weighted by Crippen LogP contribution is 2.32. The van der Waals surface area contributed by atoms with E-state index in [-0.39, 0.29) is 10.1 Å². The Hall–Kier alpha value is -4.76. The highest BCUT2D eigenvalue weighted by molar-refractivity contribution is 8.04. The van der Waals surface area contributed by atoms with Crippen molar-refractivity contribution < 1.29 is 24.1 Å². The molecule has 0 saturated heterocycles. The lowest BCUT2D eigenvalue weighted by molar-refractivity contribution is -0.131. The molecule has 5 rings (SSSR count). The molecule has 0 spiro atoms. The Morgan fingerprint density at radius 1 is 0.949 bits per heavy atom. The van der Waals surface area contributed by atoms with Crippen LogP contribution in [0, 0.1) is 0 Å². The highest BCUT2D eigenvalue weighted by atomic mass is 32.2. The number of rotatable bonds is 10. The lowest BCUT2D eigenvalue weighted by atomic mass is 10.1. The third kappa shape index (κ3) is 6.05. The summed E-state index contributed by atoms with van der Waals surface area (Å²) < 4.78 is 16.8. The van der Waals surface area contributed by atoms with Crippen molar-refractivity contribution in [1.29, 1.82) is 0 Å². The van der Waals surface area contributed by atoms with Gasteiger partial charge in [0.05, 0.1) is 14.2 Å². The number of nitrogens with zero attached hydrogens (tertiary/aromatic N) is 2. The van der Waals surface area contributed by atoms with Gasteiger partial charge < -0.3 is 19.3 Å². The zero-order valence-electron chi connectivity index (χ0n) is 21.3. The predicted molar refractivity (Wildman–Crippen MR) is 151 cm³/mol. The van der Waals surface area contributed by atoms with Crippen LogP contribution in [-0.4, -0.2) is 40.5 Å². The molecule has 196 valence electrons. The Bertz CT molecular complexity index is 1640. The highest BCUT2D eigenvalue weighted by Gasteiger charge is 2.16. The van der Waals surface area contributed by atoms with E-state index in [9.17, 15) is 9.90 Å². The van der Waals surface area contributed by atoms with E-state index in [1.807, 2.05) is 48.5 Å². The summed E-state index contributed by atoms with van der Waals surface area (Å²) >= 11 is 0.942. The van der Waals surface area contributed by atoms with Gasteiger partial charge in [0.1, 0.15) is 28.8 Å². The number of aliphatic carboxylic acids is 1. The SMILES string of the molecule is COc1cc(OC)cc(-c2nc(S/C(=C\c3ccccc3OCc3cccc4ccccc34)C(=O)O)n[nH]2)c1. The summed E-state index contributed by atoms with van der Waals surface area (Å²) in [5.74, 6) is 1.13. The van der Waals surface area contributed by atoms with Crippen LogP contribution >= 0.6 is 11.8 Å². The van der Waals surface area contributed by atoms with Crippen LogP contribution in [0.1, 0.15) is 11.1 Å². The van der Waals surface area contributed by atoms with Crippen LogP contribution in [0.5, 0.6) is 17.2 Å². The molecule has 5 aromatic rings. The monoisotopic (exact) mass is 539 g/mol. The van der Waals surface area contributed by atoms with Crippen LogP contribution in [0.4, 0.5) is 0 Å². The van der Waals surface area contributed by atoms with Gasteiger partial charge in [-0.1, -0.05) is 60.7 Å². The number of aromatic amines is 1. The maximum absolute atomic E-state index is 12.2. The average Bonchev–Trinajstić information content (AvgIpc) is 3.44. The van der Waals surface area contributed by atoms with Crippen LogP contribution in [0.3, 0.4) is 0 Å². The number of carboxylic acid groups (broad SMARTS) is 1. The number of ether oxygens (including phenoxy) is 3. The van der Waals surface area contributed by atoms with Gasteiger partial charge in [0, 0.05) is 17.2 Å². The lowest BCUT2D eigenvalue weighted by Crippen LogP contribution is -2.00. The molecule has 0 amide bonds. The molecule has 0 radical (unpaired) electrons. The number of fused-ring (bicyclic) bond motifs is 1. The number of nitrogens with one attached hydrogen (secondary N) is 1. The van der Waals surface area contributed by atoms with Crippen molar-refractivity contribution in [2.45, 2.75) is 11.8 Å². The molecule has 4 aromatic carbocycles. The molecular formula is C30H25N3O5S. The maximum atomic E-state index is 12.2. The summed E-state index contributed by atoms with van der Waals surface area (Å²) in [6.45, 7) is 0.343. The minimum absolute atomic E-state index is 0.0463. The standard InChI is InChI=1S/C30H25N3O5S/c1-36-23-14-22(15-24(17-23)37-2)28-31-30(33-32-28)39-27(29(34)35)16-20-9-4-6-13-26(20)38-18-21-11-7-10-19-8-3-5-12-25(19)21/h3-17H,18H2,1-2H3,(H,34,35)(H,31,32,33)/b27-16-. The molecule has 39 heavy (non-hydrogen) atoms. The van der Waals surface area contributed by atoms with Crippen molar-refractivity contribution in [1.82, 2.24) is 15.2 Å². The summed E-state index contributed by atoms with van der Waals surface area (Å²) in [6, 6.07) is 26.9. The number of H-pyrrole nitrogens is 1. The zero-order valence-corrected chi connectivity index (χ0v) is 22.1. The second-order valence-corrected chi connectivity index (χ2v) is 9.46. The van der Waals surface area contributed by atoms with E-state index in [2.05, 4.69) is 33.4 Å². The van der Waals surface area contributed by atoms with Gasteiger partial charge in [-0.15, -0.1) is 5.10 Å². The van der Waals surface area contributed by atoms with Crippen LogP contribution in [0.2, 0.25) is 0 Å². The lowest BCUT2D eigenvalue weighted by Gasteiger charge is -2.12. The molecule has 1 heterocycles. The third-order valence-electron chi connectivity index (χ3n) is 5.97. The molecule has 0 fully saturated rings. The van der Waals surface area contributed by atoms with Crippen molar-refractivity contribution in [3.05, 3.63) is 101 Å². The summed E-state index contributed by atoms with van der Waals surface area (Å²) in [4.78, 5) is 16.7. The molecule has 9 heteroatoms. The number of methoxy groups -OCH3 is 2. The molecule has 0 aliphatic rings. The van der Waals surface area contributed by atoms with Gasteiger partial charge in [0.15, 0.2) is 5.82 Å². The topological polar surface area (TPSA) is 107 Å². The van der Waals surface area contributed by atoms with Gasteiger partial charge in [0.25, 0.3) is 0 Å². The van der Waals surface area contributed by atoms with Crippen LogP contribution in [-0.2, 0) is 11.4 Å². The van der Waals surface area contributed by atoms with E-state index in [0.29, 0.717) is 40.8 Å². The Labute approximate surface area is 229 Å². The average molecular weight is 540 g/mol. The number of benzene rings is 4. The molecule has 0 bridgehead atoms. The molecule has 8 nitrogen and oxygen atoms in total. The summed E-state index contributed by atoms with van der Waals surface area (Å²) in [6.07, 6.45) is 1.57. The van der Waals surface area contributed by atoms with E-state index in [1.54, 1.807) is 38.5 Å². The Morgan fingerprint density at radius 3 is 2.44 bits per heavy atom. The number of hydrogen-bond acceptors (Lipinski definition) is 7. The maximum Gasteiger partial charge on any atom is 0.342 e. The number of para-hydroxylation sites is 1.